The molecule has 3 aromatic rings. The Balaban J connectivity index is 1.20. The second-order valence-corrected chi connectivity index (χ2v) is 8.19. The van der Waals surface area contributed by atoms with Crippen molar-refractivity contribution in [2.45, 2.75) is 32.2 Å². The Morgan fingerprint density at radius 3 is 3.03 bits per heavy atom. The minimum Gasteiger partial charge on any atom is -0.454 e. The van der Waals surface area contributed by atoms with Gasteiger partial charge in [0.15, 0.2) is 17.3 Å². The summed E-state index contributed by atoms with van der Waals surface area (Å²) in [6.07, 6.45) is 5.35. The molecule has 4 heterocycles. The molecule has 9 heteroatoms. The number of fused-ring (bicyclic) bond motifs is 1. The molecule has 0 unspecified atom stereocenters. The number of aryl methyl sites for hydroxylation is 1. The first kappa shape index (κ1) is 20.4. The van der Waals surface area contributed by atoms with Gasteiger partial charge in [-0.05, 0) is 44.0 Å². The normalized spacial score (nSPS) is 18.0. The third kappa shape index (κ3) is 4.43. The average Bonchev–Trinajstić information content (AvgIpc) is 3.46. The molecule has 166 valence electrons. The summed E-state index contributed by atoms with van der Waals surface area (Å²) in [5.41, 5.74) is 3.61. The molecule has 9 nitrogen and oxygen atoms in total. The highest BCUT2D eigenvalue weighted by atomic mass is 16.7. The highest BCUT2D eigenvalue weighted by Crippen LogP contribution is 2.33. The predicted octanol–water partition coefficient (Wildman–Crippen LogP) is 2.66. The van der Waals surface area contributed by atoms with E-state index in [2.05, 4.69) is 25.3 Å². The van der Waals surface area contributed by atoms with Crippen LogP contribution in [0, 0.1) is 6.92 Å². The van der Waals surface area contributed by atoms with Crippen molar-refractivity contribution in [2.75, 3.05) is 26.4 Å². The maximum atomic E-state index is 12.6. The summed E-state index contributed by atoms with van der Waals surface area (Å²) in [6, 6.07) is 7.61. The Kier molecular flexibility index (Phi) is 5.72. The van der Waals surface area contributed by atoms with Crippen molar-refractivity contribution in [3.05, 3.63) is 53.7 Å². The summed E-state index contributed by atoms with van der Waals surface area (Å²) in [7, 11) is 0. The van der Waals surface area contributed by atoms with Crippen molar-refractivity contribution in [3.8, 4) is 22.8 Å². The van der Waals surface area contributed by atoms with Crippen molar-refractivity contribution >= 4 is 5.91 Å². The average molecular weight is 435 g/mol. The van der Waals surface area contributed by atoms with Gasteiger partial charge in [0.2, 0.25) is 12.7 Å². The molecule has 0 aliphatic carbocycles. The maximum Gasteiger partial charge on any atom is 0.234 e. The minimum absolute atomic E-state index is 0.00270. The Morgan fingerprint density at radius 1 is 1.25 bits per heavy atom. The van der Waals surface area contributed by atoms with Gasteiger partial charge >= 0.3 is 0 Å². The monoisotopic (exact) mass is 435 g/mol. The van der Waals surface area contributed by atoms with E-state index in [-0.39, 0.29) is 18.6 Å². The molecule has 0 bridgehead atoms. The van der Waals surface area contributed by atoms with Crippen molar-refractivity contribution in [1.82, 2.24) is 25.3 Å². The van der Waals surface area contributed by atoms with Gasteiger partial charge in [-0.15, -0.1) is 0 Å². The maximum absolute atomic E-state index is 12.6. The quantitative estimate of drug-likeness (QED) is 0.630. The second-order valence-electron chi connectivity index (χ2n) is 8.19. The summed E-state index contributed by atoms with van der Waals surface area (Å²) in [6.45, 7) is 4.58. The SMILES string of the molecule is Cc1cc(-c2cncnc2[C@H]2CCCN(CC(=O)NCc3ccc4c(c3)OCO4)C2)on1. The molecule has 1 saturated heterocycles. The Bertz CT molecular complexity index is 1120. The molecular formula is C23H25N5O4. The largest absolute Gasteiger partial charge is 0.454 e. The van der Waals surface area contributed by atoms with Gasteiger partial charge < -0.3 is 19.3 Å². The molecule has 2 aliphatic rings. The third-order valence-electron chi connectivity index (χ3n) is 5.82. The summed E-state index contributed by atoms with van der Waals surface area (Å²) >= 11 is 0. The van der Waals surface area contributed by atoms with Crippen LogP contribution in [0.5, 0.6) is 11.5 Å². The molecule has 1 amide bonds. The van der Waals surface area contributed by atoms with Crippen LogP contribution in [-0.2, 0) is 11.3 Å². The van der Waals surface area contributed by atoms with E-state index in [1.54, 1.807) is 12.5 Å². The standard InChI is InChI=1S/C23H25N5O4/c1-15-7-20(32-27-15)18-10-24-13-26-23(18)17-3-2-6-28(11-17)12-22(29)25-9-16-4-5-19-21(8-16)31-14-30-19/h4-5,7-8,10,13,17H,2-3,6,9,11-12,14H2,1H3,(H,25,29)/t17-/m0/s1. The van der Waals surface area contributed by atoms with Crippen LogP contribution >= 0.6 is 0 Å². The number of hydrogen-bond acceptors (Lipinski definition) is 8. The smallest absolute Gasteiger partial charge is 0.234 e. The highest BCUT2D eigenvalue weighted by molar-refractivity contribution is 5.78. The molecule has 0 saturated carbocycles. The number of amides is 1. The number of carbonyl (C=O) groups excluding carboxylic acids is 1. The van der Waals surface area contributed by atoms with E-state index >= 15 is 0 Å². The summed E-state index contributed by atoms with van der Waals surface area (Å²) < 4.78 is 16.2. The molecule has 2 aromatic heterocycles. The lowest BCUT2D eigenvalue weighted by atomic mass is 9.91. The molecule has 1 atom stereocenters. The fourth-order valence-electron chi connectivity index (χ4n) is 4.28. The zero-order chi connectivity index (χ0) is 21.9. The third-order valence-corrected chi connectivity index (χ3v) is 5.82. The second kappa shape index (κ2) is 8.96. The molecule has 2 aliphatic heterocycles. The molecule has 1 N–H and O–H groups in total. The van der Waals surface area contributed by atoms with Gasteiger partial charge in [0.05, 0.1) is 23.5 Å². The Hall–Kier alpha value is -3.46. The number of rotatable bonds is 6. The van der Waals surface area contributed by atoms with Crippen molar-refractivity contribution in [2.24, 2.45) is 0 Å². The lowest BCUT2D eigenvalue weighted by Gasteiger charge is -2.32. The van der Waals surface area contributed by atoms with Gasteiger partial charge in [-0.25, -0.2) is 9.97 Å². The van der Waals surface area contributed by atoms with Crippen LogP contribution in [0.15, 0.2) is 41.3 Å². The van der Waals surface area contributed by atoms with Crippen LogP contribution in [0.3, 0.4) is 0 Å². The fraction of sp³-hybridized carbons (Fsp3) is 0.391. The van der Waals surface area contributed by atoms with Gasteiger partial charge in [-0.3, -0.25) is 9.69 Å². The number of nitrogens with zero attached hydrogens (tertiary/aromatic N) is 4. The van der Waals surface area contributed by atoms with Gasteiger partial charge in [0.25, 0.3) is 0 Å². The van der Waals surface area contributed by atoms with Crippen molar-refractivity contribution in [3.63, 3.8) is 0 Å². The van der Waals surface area contributed by atoms with Crippen LogP contribution in [0.1, 0.15) is 35.7 Å². The number of hydrogen-bond donors (Lipinski definition) is 1. The number of likely N-dealkylation sites (tertiary alicyclic amines) is 1. The van der Waals surface area contributed by atoms with Crippen LogP contribution < -0.4 is 14.8 Å². The Labute approximate surface area is 185 Å². The topological polar surface area (TPSA) is 103 Å². The lowest BCUT2D eigenvalue weighted by molar-refractivity contribution is -0.122. The fourth-order valence-corrected chi connectivity index (χ4v) is 4.28. The molecule has 0 radical (unpaired) electrons. The van der Waals surface area contributed by atoms with Gasteiger partial charge in [0, 0.05) is 31.3 Å². The van der Waals surface area contributed by atoms with Crippen LogP contribution in [0.4, 0.5) is 0 Å². The zero-order valence-electron chi connectivity index (χ0n) is 17.9. The van der Waals surface area contributed by atoms with E-state index in [0.717, 1.165) is 59.9 Å². The van der Waals surface area contributed by atoms with E-state index in [4.69, 9.17) is 14.0 Å². The van der Waals surface area contributed by atoms with E-state index in [9.17, 15) is 4.79 Å². The van der Waals surface area contributed by atoms with Gasteiger partial charge in [0.1, 0.15) is 6.33 Å². The van der Waals surface area contributed by atoms with Gasteiger partial charge in [-0.1, -0.05) is 11.2 Å². The van der Waals surface area contributed by atoms with Crippen LogP contribution in [0.25, 0.3) is 11.3 Å². The summed E-state index contributed by atoms with van der Waals surface area (Å²) in [4.78, 5) is 23.5. The molecule has 0 spiro atoms. The summed E-state index contributed by atoms with van der Waals surface area (Å²) in [5.74, 6) is 2.34. The van der Waals surface area contributed by atoms with E-state index < -0.39 is 0 Å². The van der Waals surface area contributed by atoms with Crippen molar-refractivity contribution in [1.29, 1.82) is 0 Å². The van der Waals surface area contributed by atoms with E-state index in [0.29, 0.717) is 18.8 Å². The van der Waals surface area contributed by atoms with Crippen molar-refractivity contribution < 1.29 is 18.8 Å². The first-order valence-electron chi connectivity index (χ1n) is 10.8. The lowest BCUT2D eigenvalue weighted by Crippen LogP contribution is -2.42. The molecular weight excluding hydrogens is 410 g/mol. The summed E-state index contributed by atoms with van der Waals surface area (Å²) in [5, 5.41) is 7.00. The number of piperidine rings is 1. The van der Waals surface area contributed by atoms with Crippen LogP contribution in [0.2, 0.25) is 0 Å². The zero-order valence-corrected chi connectivity index (χ0v) is 17.9. The van der Waals surface area contributed by atoms with Crippen LogP contribution in [-0.4, -0.2) is 52.4 Å². The number of aromatic nitrogens is 3. The van der Waals surface area contributed by atoms with Gasteiger partial charge in [-0.2, -0.15) is 0 Å². The number of benzene rings is 1. The number of nitrogens with one attached hydrogen (secondary N) is 1. The highest BCUT2D eigenvalue weighted by Gasteiger charge is 2.27. The molecule has 5 rings (SSSR count). The number of carbonyl (C=O) groups is 1. The molecule has 1 aromatic carbocycles. The molecule has 32 heavy (non-hydrogen) atoms. The Morgan fingerprint density at radius 2 is 2.16 bits per heavy atom. The van der Waals surface area contributed by atoms with E-state index in [1.807, 2.05) is 31.2 Å². The minimum atomic E-state index is -0.00270. The first-order chi connectivity index (χ1) is 15.7. The molecule has 1 fully saturated rings. The number of ether oxygens (including phenoxy) is 2. The first-order valence-corrected chi connectivity index (χ1v) is 10.8. The predicted molar refractivity (Wildman–Crippen MR) is 115 cm³/mol. The van der Waals surface area contributed by atoms with E-state index in [1.165, 1.54) is 0 Å².